The number of nitro benzene ring substituents is 1. The minimum Gasteiger partial charge on any atom is -0.481 e. The Kier molecular flexibility index (Phi) is 4.95. The van der Waals surface area contributed by atoms with Crippen molar-refractivity contribution in [1.82, 2.24) is 0 Å². The number of carbonyl (C=O) groups is 1. The van der Waals surface area contributed by atoms with E-state index < -0.39 is 11.0 Å². The summed E-state index contributed by atoms with van der Waals surface area (Å²) >= 11 is 0. The molecule has 6 heteroatoms. The number of amides is 1. The number of ether oxygens (including phenoxy) is 1. The lowest BCUT2D eigenvalue weighted by atomic mass is 10.2. The van der Waals surface area contributed by atoms with E-state index in [9.17, 15) is 14.9 Å². The number of para-hydroxylation sites is 1. The van der Waals surface area contributed by atoms with E-state index in [1.165, 1.54) is 12.1 Å². The molecule has 1 unspecified atom stereocenters. The maximum atomic E-state index is 12.2. The minimum absolute atomic E-state index is 0.0226. The van der Waals surface area contributed by atoms with Crippen LogP contribution in [0.4, 0.5) is 11.4 Å². The Balaban J connectivity index is 2.05. The van der Waals surface area contributed by atoms with Gasteiger partial charge >= 0.3 is 0 Å². The molecule has 0 saturated carbocycles. The molecule has 0 aliphatic rings. The van der Waals surface area contributed by atoms with Gasteiger partial charge in [-0.2, -0.15) is 0 Å². The van der Waals surface area contributed by atoms with Crippen molar-refractivity contribution in [1.29, 1.82) is 0 Å². The maximum absolute atomic E-state index is 12.2. The lowest BCUT2D eigenvalue weighted by Crippen LogP contribution is -2.30. The molecule has 0 radical (unpaired) electrons. The van der Waals surface area contributed by atoms with Gasteiger partial charge in [0.05, 0.1) is 4.92 Å². The van der Waals surface area contributed by atoms with Gasteiger partial charge in [-0.05, 0) is 44.5 Å². The molecule has 6 nitrogen and oxygen atoms in total. The Hall–Kier alpha value is -2.89. The number of rotatable bonds is 5. The lowest BCUT2D eigenvalue weighted by Gasteiger charge is -2.16. The first-order chi connectivity index (χ1) is 10.9. The van der Waals surface area contributed by atoms with Crippen molar-refractivity contribution < 1.29 is 14.5 Å². The van der Waals surface area contributed by atoms with Crippen LogP contribution in [0.3, 0.4) is 0 Å². The zero-order valence-corrected chi connectivity index (χ0v) is 13.2. The Morgan fingerprint density at radius 1 is 1.17 bits per heavy atom. The third-order valence-electron chi connectivity index (χ3n) is 3.45. The molecule has 2 rings (SSSR count). The summed E-state index contributed by atoms with van der Waals surface area (Å²) in [4.78, 5) is 22.5. The van der Waals surface area contributed by atoms with Crippen LogP contribution in [0, 0.1) is 24.0 Å². The number of hydrogen-bond acceptors (Lipinski definition) is 4. The predicted molar refractivity (Wildman–Crippen MR) is 87.7 cm³/mol. The zero-order chi connectivity index (χ0) is 17.0. The number of carbonyl (C=O) groups excluding carboxylic acids is 1. The number of aryl methyl sites for hydroxylation is 2. The van der Waals surface area contributed by atoms with Gasteiger partial charge in [-0.15, -0.1) is 0 Å². The highest BCUT2D eigenvalue weighted by molar-refractivity contribution is 5.94. The molecule has 23 heavy (non-hydrogen) atoms. The van der Waals surface area contributed by atoms with E-state index in [0.717, 1.165) is 11.3 Å². The Morgan fingerprint density at radius 3 is 2.48 bits per heavy atom. The van der Waals surface area contributed by atoms with Crippen LogP contribution in [0.2, 0.25) is 0 Å². The second-order valence-corrected chi connectivity index (χ2v) is 5.27. The molecular weight excluding hydrogens is 296 g/mol. The first-order valence-electron chi connectivity index (χ1n) is 7.16. The van der Waals surface area contributed by atoms with Crippen LogP contribution in [0.1, 0.15) is 18.1 Å². The van der Waals surface area contributed by atoms with Crippen molar-refractivity contribution in [2.45, 2.75) is 26.9 Å². The number of nitrogens with one attached hydrogen (secondary N) is 1. The van der Waals surface area contributed by atoms with Crippen LogP contribution in [0.5, 0.6) is 5.75 Å². The van der Waals surface area contributed by atoms with Crippen molar-refractivity contribution in [3.8, 4) is 5.75 Å². The average Bonchev–Trinajstić information content (AvgIpc) is 2.49. The van der Waals surface area contributed by atoms with Gasteiger partial charge in [0, 0.05) is 17.3 Å². The van der Waals surface area contributed by atoms with E-state index in [4.69, 9.17) is 4.74 Å². The van der Waals surface area contributed by atoms with Crippen LogP contribution < -0.4 is 10.1 Å². The number of nitrogens with zero attached hydrogens (tertiary/aromatic N) is 1. The molecule has 2 aromatic carbocycles. The zero-order valence-electron chi connectivity index (χ0n) is 13.2. The van der Waals surface area contributed by atoms with Gasteiger partial charge < -0.3 is 10.1 Å². The summed E-state index contributed by atoms with van der Waals surface area (Å²) in [5, 5.41) is 13.6. The summed E-state index contributed by atoms with van der Waals surface area (Å²) in [5.74, 6) is 0.135. The minimum atomic E-state index is -0.726. The SMILES string of the molecule is Cc1ccccc1NC(=O)C(C)Oc1ccc([N+](=O)[O-])c(C)c1. The van der Waals surface area contributed by atoms with E-state index in [1.54, 1.807) is 19.9 Å². The van der Waals surface area contributed by atoms with Crippen molar-refractivity contribution in [2.75, 3.05) is 5.32 Å². The third-order valence-corrected chi connectivity index (χ3v) is 3.45. The summed E-state index contributed by atoms with van der Waals surface area (Å²) in [6, 6.07) is 11.9. The van der Waals surface area contributed by atoms with Crippen LogP contribution in [-0.2, 0) is 4.79 Å². The Morgan fingerprint density at radius 2 is 1.87 bits per heavy atom. The fourth-order valence-electron chi connectivity index (χ4n) is 2.11. The summed E-state index contributed by atoms with van der Waals surface area (Å²) in [7, 11) is 0. The molecular formula is C17H18N2O4. The van der Waals surface area contributed by atoms with Crippen LogP contribution in [-0.4, -0.2) is 16.9 Å². The Labute approximate surface area is 134 Å². The van der Waals surface area contributed by atoms with Gasteiger partial charge in [0.25, 0.3) is 11.6 Å². The third kappa shape index (κ3) is 4.06. The summed E-state index contributed by atoms with van der Waals surface area (Å²) in [6.45, 7) is 5.16. The van der Waals surface area contributed by atoms with Crippen LogP contribution >= 0.6 is 0 Å². The molecule has 2 aromatic rings. The van der Waals surface area contributed by atoms with E-state index in [2.05, 4.69) is 5.32 Å². The summed E-state index contributed by atoms with van der Waals surface area (Å²) in [6.07, 6.45) is -0.726. The molecule has 0 saturated heterocycles. The van der Waals surface area contributed by atoms with E-state index >= 15 is 0 Å². The molecule has 0 spiro atoms. The molecule has 1 amide bonds. The molecule has 0 heterocycles. The quantitative estimate of drug-likeness (QED) is 0.675. The van der Waals surface area contributed by atoms with E-state index in [1.807, 2.05) is 31.2 Å². The van der Waals surface area contributed by atoms with Gasteiger partial charge in [0.2, 0.25) is 0 Å². The monoisotopic (exact) mass is 314 g/mol. The highest BCUT2D eigenvalue weighted by Crippen LogP contribution is 2.24. The molecule has 0 fully saturated rings. The standard InChI is InChI=1S/C17H18N2O4/c1-11-6-4-5-7-15(11)18-17(20)13(3)23-14-8-9-16(19(21)22)12(2)10-14/h4-10,13H,1-3H3,(H,18,20). The van der Waals surface area contributed by atoms with Gasteiger partial charge in [-0.1, -0.05) is 18.2 Å². The molecule has 120 valence electrons. The van der Waals surface area contributed by atoms with Gasteiger partial charge in [0.1, 0.15) is 5.75 Å². The Bertz CT molecular complexity index is 743. The molecule has 0 aromatic heterocycles. The molecule has 1 atom stereocenters. The fourth-order valence-corrected chi connectivity index (χ4v) is 2.11. The first kappa shape index (κ1) is 16.5. The van der Waals surface area contributed by atoms with Gasteiger partial charge in [-0.3, -0.25) is 14.9 Å². The molecule has 1 N–H and O–H groups in total. The van der Waals surface area contributed by atoms with Gasteiger partial charge in [-0.25, -0.2) is 0 Å². The van der Waals surface area contributed by atoms with Gasteiger partial charge in [0.15, 0.2) is 6.10 Å². The highest BCUT2D eigenvalue weighted by atomic mass is 16.6. The topological polar surface area (TPSA) is 81.5 Å². The smallest absolute Gasteiger partial charge is 0.272 e. The summed E-state index contributed by atoms with van der Waals surface area (Å²) in [5.41, 5.74) is 2.19. The molecule has 0 bridgehead atoms. The molecule has 0 aliphatic carbocycles. The predicted octanol–water partition coefficient (Wildman–Crippen LogP) is 3.62. The van der Waals surface area contributed by atoms with Crippen LogP contribution in [0.25, 0.3) is 0 Å². The number of hydrogen-bond donors (Lipinski definition) is 1. The first-order valence-corrected chi connectivity index (χ1v) is 7.16. The van der Waals surface area contributed by atoms with Crippen molar-refractivity contribution in [3.05, 3.63) is 63.7 Å². The van der Waals surface area contributed by atoms with Crippen molar-refractivity contribution in [2.24, 2.45) is 0 Å². The van der Waals surface area contributed by atoms with Crippen molar-refractivity contribution in [3.63, 3.8) is 0 Å². The van der Waals surface area contributed by atoms with Crippen molar-refractivity contribution >= 4 is 17.3 Å². The largest absolute Gasteiger partial charge is 0.481 e. The highest BCUT2D eigenvalue weighted by Gasteiger charge is 2.17. The summed E-state index contributed by atoms with van der Waals surface area (Å²) < 4.78 is 5.57. The molecule has 0 aliphatic heterocycles. The number of benzene rings is 2. The average molecular weight is 314 g/mol. The van der Waals surface area contributed by atoms with E-state index in [-0.39, 0.29) is 11.6 Å². The normalized spacial score (nSPS) is 11.6. The van der Waals surface area contributed by atoms with Crippen LogP contribution in [0.15, 0.2) is 42.5 Å². The maximum Gasteiger partial charge on any atom is 0.272 e. The van der Waals surface area contributed by atoms with E-state index in [0.29, 0.717) is 11.3 Å². The number of nitro groups is 1. The lowest BCUT2D eigenvalue weighted by molar-refractivity contribution is -0.385. The second-order valence-electron chi connectivity index (χ2n) is 5.27. The fraction of sp³-hybridized carbons (Fsp3) is 0.235. The second kappa shape index (κ2) is 6.91. The number of anilines is 1.